The lowest BCUT2D eigenvalue weighted by Crippen LogP contribution is -2.38. The quantitative estimate of drug-likeness (QED) is 0.667. The second-order valence-corrected chi connectivity index (χ2v) is 9.18. The molecule has 0 atom stereocenters. The van der Waals surface area contributed by atoms with Crippen LogP contribution in [0.3, 0.4) is 0 Å². The zero-order valence-electron chi connectivity index (χ0n) is 16.0. The molecule has 0 N–H and O–H groups in total. The van der Waals surface area contributed by atoms with E-state index in [0.29, 0.717) is 42.5 Å². The van der Waals surface area contributed by atoms with E-state index < -0.39 is 10.0 Å². The highest BCUT2D eigenvalue weighted by Gasteiger charge is 2.32. The fraction of sp³-hybridized carbons (Fsp3) is 0.333. The van der Waals surface area contributed by atoms with Gasteiger partial charge in [-0.05, 0) is 56.0 Å². The summed E-state index contributed by atoms with van der Waals surface area (Å²) in [6, 6.07) is 15.2. The maximum Gasteiger partial charge on any atom is 0.257 e. The van der Waals surface area contributed by atoms with Crippen molar-refractivity contribution in [3.63, 3.8) is 0 Å². The Morgan fingerprint density at radius 2 is 1.75 bits per heavy atom. The Morgan fingerprint density at radius 1 is 1.04 bits per heavy atom. The van der Waals surface area contributed by atoms with Crippen LogP contribution in [0.1, 0.15) is 35.7 Å². The molecule has 1 fully saturated rings. The third kappa shape index (κ3) is 3.59. The number of aryl methyl sites for hydroxylation is 2. The predicted molar refractivity (Wildman–Crippen MR) is 106 cm³/mol. The van der Waals surface area contributed by atoms with Crippen LogP contribution in [0.5, 0.6) is 0 Å². The monoisotopic (exact) mass is 397 g/mol. The Balaban J connectivity index is 1.48. The van der Waals surface area contributed by atoms with Crippen LogP contribution >= 0.6 is 0 Å². The molecule has 1 saturated heterocycles. The molecule has 0 bridgehead atoms. The Hall–Kier alpha value is -2.51. The molecule has 4 rings (SSSR count). The van der Waals surface area contributed by atoms with E-state index in [1.165, 1.54) is 0 Å². The maximum absolute atomic E-state index is 13.1. The summed E-state index contributed by atoms with van der Waals surface area (Å²) in [6.07, 6.45) is 1.36. The van der Waals surface area contributed by atoms with Crippen LogP contribution in [0.2, 0.25) is 0 Å². The molecule has 6 nitrogen and oxygen atoms in total. The van der Waals surface area contributed by atoms with Crippen molar-refractivity contribution in [2.75, 3.05) is 13.1 Å². The zero-order chi connectivity index (χ0) is 19.7. The Morgan fingerprint density at radius 3 is 2.46 bits per heavy atom. The summed E-state index contributed by atoms with van der Waals surface area (Å²) in [7, 11) is -3.49. The van der Waals surface area contributed by atoms with Crippen LogP contribution in [0.15, 0.2) is 57.9 Å². The molecule has 3 aromatic rings. The topological polar surface area (TPSA) is 76.3 Å². The Labute approximate surface area is 165 Å². The van der Waals surface area contributed by atoms with Gasteiger partial charge in [0.1, 0.15) is 0 Å². The molecule has 0 unspecified atom stereocenters. The molecule has 0 saturated carbocycles. The third-order valence-electron chi connectivity index (χ3n) is 5.24. The number of benzene rings is 2. The van der Waals surface area contributed by atoms with E-state index in [2.05, 4.69) is 10.1 Å². The minimum absolute atomic E-state index is 0.103. The van der Waals surface area contributed by atoms with Gasteiger partial charge in [0.2, 0.25) is 10.0 Å². The summed E-state index contributed by atoms with van der Waals surface area (Å²) >= 11 is 0. The van der Waals surface area contributed by atoms with Gasteiger partial charge in [0, 0.05) is 24.6 Å². The van der Waals surface area contributed by atoms with Gasteiger partial charge >= 0.3 is 0 Å². The summed E-state index contributed by atoms with van der Waals surface area (Å²) in [5.41, 5.74) is 2.61. The molecule has 0 radical (unpaired) electrons. The minimum atomic E-state index is -3.49. The van der Waals surface area contributed by atoms with Crippen molar-refractivity contribution in [1.29, 1.82) is 0 Å². The fourth-order valence-corrected chi connectivity index (χ4v) is 5.36. The van der Waals surface area contributed by atoms with Crippen LogP contribution in [0, 0.1) is 13.8 Å². The van der Waals surface area contributed by atoms with Gasteiger partial charge < -0.3 is 4.52 Å². The standard InChI is InChI=1S/C21H23N3O3S/c1-15-8-9-16(2)19(14-15)28(25,26)24-12-10-17(11-13-24)20-22-21(27-23-20)18-6-4-3-5-7-18/h3-9,14,17H,10-13H2,1-2H3. The molecule has 0 amide bonds. The van der Waals surface area contributed by atoms with Gasteiger partial charge in [-0.2, -0.15) is 9.29 Å². The number of sulfonamides is 1. The van der Waals surface area contributed by atoms with Gasteiger partial charge in [-0.1, -0.05) is 35.5 Å². The smallest absolute Gasteiger partial charge is 0.257 e. The van der Waals surface area contributed by atoms with Crippen molar-refractivity contribution in [1.82, 2.24) is 14.4 Å². The molecule has 0 aliphatic carbocycles. The molecular weight excluding hydrogens is 374 g/mol. The molecule has 2 aromatic carbocycles. The normalized spacial score (nSPS) is 16.4. The second-order valence-electron chi connectivity index (χ2n) is 7.27. The van der Waals surface area contributed by atoms with Gasteiger partial charge in [0.15, 0.2) is 5.82 Å². The number of aromatic nitrogens is 2. The first kappa shape index (κ1) is 18.8. The van der Waals surface area contributed by atoms with E-state index in [0.717, 1.165) is 16.7 Å². The number of hydrogen-bond acceptors (Lipinski definition) is 5. The molecule has 1 aliphatic heterocycles. The first-order valence-electron chi connectivity index (χ1n) is 9.41. The molecule has 146 valence electrons. The highest BCUT2D eigenvalue weighted by Crippen LogP contribution is 2.31. The van der Waals surface area contributed by atoms with Crippen molar-refractivity contribution in [2.45, 2.75) is 37.5 Å². The highest BCUT2D eigenvalue weighted by molar-refractivity contribution is 7.89. The van der Waals surface area contributed by atoms with Gasteiger partial charge in [0.05, 0.1) is 4.90 Å². The maximum atomic E-state index is 13.1. The SMILES string of the molecule is Cc1ccc(C)c(S(=O)(=O)N2CCC(c3noc(-c4ccccc4)n3)CC2)c1. The van der Waals surface area contributed by atoms with E-state index in [1.54, 1.807) is 10.4 Å². The molecule has 1 aliphatic rings. The largest absolute Gasteiger partial charge is 0.334 e. The molecule has 2 heterocycles. The van der Waals surface area contributed by atoms with Crippen molar-refractivity contribution in [2.24, 2.45) is 0 Å². The zero-order valence-corrected chi connectivity index (χ0v) is 16.8. The molecule has 28 heavy (non-hydrogen) atoms. The van der Waals surface area contributed by atoms with Gasteiger partial charge in [-0.15, -0.1) is 0 Å². The molecule has 1 aromatic heterocycles. The van der Waals surface area contributed by atoms with Crippen LogP contribution in [-0.2, 0) is 10.0 Å². The lowest BCUT2D eigenvalue weighted by Gasteiger charge is -2.30. The third-order valence-corrected chi connectivity index (χ3v) is 7.28. The summed E-state index contributed by atoms with van der Waals surface area (Å²) in [5.74, 6) is 1.26. The van der Waals surface area contributed by atoms with Crippen LogP contribution in [-0.4, -0.2) is 36.0 Å². The summed E-state index contributed by atoms with van der Waals surface area (Å²) in [4.78, 5) is 4.93. The summed E-state index contributed by atoms with van der Waals surface area (Å²) in [6.45, 7) is 4.65. The van der Waals surface area contributed by atoms with Crippen molar-refractivity contribution in [3.8, 4) is 11.5 Å². The van der Waals surface area contributed by atoms with E-state index in [-0.39, 0.29) is 5.92 Å². The number of piperidine rings is 1. The van der Waals surface area contributed by atoms with Crippen LogP contribution in [0.25, 0.3) is 11.5 Å². The fourth-order valence-electron chi connectivity index (χ4n) is 3.58. The molecule has 7 heteroatoms. The summed E-state index contributed by atoms with van der Waals surface area (Å²) < 4.78 is 33.1. The average molecular weight is 398 g/mol. The Kier molecular flexibility index (Phi) is 5.03. The van der Waals surface area contributed by atoms with Crippen molar-refractivity contribution >= 4 is 10.0 Å². The van der Waals surface area contributed by atoms with E-state index in [4.69, 9.17) is 4.52 Å². The minimum Gasteiger partial charge on any atom is -0.334 e. The first-order chi connectivity index (χ1) is 13.4. The number of nitrogens with zero attached hydrogens (tertiary/aromatic N) is 3. The van der Waals surface area contributed by atoms with Crippen molar-refractivity contribution in [3.05, 3.63) is 65.5 Å². The van der Waals surface area contributed by atoms with Crippen LogP contribution < -0.4 is 0 Å². The lowest BCUT2D eigenvalue weighted by molar-refractivity contribution is 0.307. The van der Waals surface area contributed by atoms with Gasteiger partial charge in [-0.25, -0.2) is 8.42 Å². The first-order valence-corrected chi connectivity index (χ1v) is 10.9. The molecule has 0 spiro atoms. The van der Waals surface area contributed by atoms with Crippen molar-refractivity contribution < 1.29 is 12.9 Å². The van der Waals surface area contributed by atoms with E-state index >= 15 is 0 Å². The highest BCUT2D eigenvalue weighted by atomic mass is 32.2. The molecular formula is C21H23N3O3S. The van der Waals surface area contributed by atoms with Gasteiger partial charge in [0.25, 0.3) is 5.89 Å². The predicted octanol–water partition coefficient (Wildman–Crippen LogP) is 3.92. The lowest BCUT2D eigenvalue weighted by atomic mass is 9.97. The second kappa shape index (κ2) is 7.48. The average Bonchev–Trinajstić information content (AvgIpc) is 3.21. The number of hydrogen-bond donors (Lipinski definition) is 0. The van der Waals surface area contributed by atoms with E-state index in [9.17, 15) is 8.42 Å². The number of rotatable bonds is 4. The Bertz CT molecular complexity index is 1070. The van der Waals surface area contributed by atoms with Gasteiger partial charge in [-0.3, -0.25) is 0 Å². The van der Waals surface area contributed by atoms with E-state index in [1.807, 2.05) is 56.3 Å². The summed E-state index contributed by atoms with van der Waals surface area (Å²) in [5, 5.41) is 4.13. The van der Waals surface area contributed by atoms with Crippen LogP contribution in [0.4, 0.5) is 0 Å².